The normalized spacial score (nSPS) is 21.3. The Balaban J connectivity index is 1.54. The zero-order chi connectivity index (χ0) is 18.1. The molecule has 1 aromatic heterocycles. The minimum Gasteiger partial charge on any atom is -0.488 e. The zero-order valence-electron chi connectivity index (χ0n) is 15.3. The fourth-order valence-corrected chi connectivity index (χ4v) is 3.22. The van der Waals surface area contributed by atoms with Crippen molar-refractivity contribution in [2.24, 2.45) is 0 Å². The van der Waals surface area contributed by atoms with Crippen LogP contribution in [0.4, 0.5) is 5.82 Å². The van der Waals surface area contributed by atoms with Crippen molar-refractivity contribution in [3.63, 3.8) is 0 Å². The summed E-state index contributed by atoms with van der Waals surface area (Å²) in [6.07, 6.45) is 3.73. The van der Waals surface area contributed by atoms with Crippen LogP contribution in [0, 0.1) is 5.41 Å². The molecule has 1 saturated carbocycles. The maximum atomic E-state index is 8.59. The van der Waals surface area contributed by atoms with Gasteiger partial charge in [0.1, 0.15) is 23.5 Å². The molecule has 1 aromatic carbocycles. The first-order valence-electron chi connectivity index (χ1n) is 9.21. The smallest absolute Gasteiger partial charge is 0.132 e. The Labute approximate surface area is 154 Å². The molecule has 0 radical (unpaired) electrons. The molecular weight excluding hydrogens is 326 g/mol. The van der Waals surface area contributed by atoms with Gasteiger partial charge >= 0.3 is 0 Å². The number of nitrogens with one attached hydrogen (secondary N) is 2. The minimum atomic E-state index is -0.0259. The lowest BCUT2D eigenvalue weighted by molar-refractivity contribution is 0.200. The molecule has 6 heteroatoms. The quantitative estimate of drug-likeness (QED) is 0.810. The van der Waals surface area contributed by atoms with Gasteiger partial charge in [-0.05, 0) is 38.8 Å². The molecular formula is C20H25N5O. The number of piperazine rings is 1. The second-order valence-corrected chi connectivity index (χ2v) is 7.52. The Kier molecular flexibility index (Phi) is 4.36. The Morgan fingerprint density at radius 1 is 1.31 bits per heavy atom. The van der Waals surface area contributed by atoms with Gasteiger partial charge in [-0.3, -0.25) is 5.41 Å². The summed E-state index contributed by atoms with van der Waals surface area (Å²) in [5.74, 6) is 1.70. The van der Waals surface area contributed by atoms with E-state index in [0.29, 0.717) is 17.4 Å². The molecule has 2 aliphatic rings. The van der Waals surface area contributed by atoms with E-state index in [0.717, 1.165) is 49.6 Å². The van der Waals surface area contributed by atoms with Crippen LogP contribution in [-0.2, 0) is 0 Å². The molecule has 6 nitrogen and oxygen atoms in total. The Morgan fingerprint density at radius 3 is 2.92 bits per heavy atom. The third-order valence-electron chi connectivity index (χ3n) is 5.04. The number of rotatable bonds is 5. The van der Waals surface area contributed by atoms with Crippen molar-refractivity contribution in [3.05, 3.63) is 47.9 Å². The van der Waals surface area contributed by atoms with Gasteiger partial charge in [0.2, 0.25) is 0 Å². The summed E-state index contributed by atoms with van der Waals surface area (Å²) in [7, 11) is 0. The van der Waals surface area contributed by atoms with Gasteiger partial charge in [-0.1, -0.05) is 12.1 Å². The van der Waals surface area contributed by atoms with Crippen LogP contribution in [0.1, 0.15) is 37.9 Å². The SMILES string of the molecule is CC1CN(c2cc(C(=N)c3cccc(OC4(C)CC4)c3)ncn2)CCN1. The van der Waals surface area contributed by atoms with Crippen molar-refractivity contribution in [2.45, 2.75) is 38.3 Å². The van der Waals surface area contributed by atoms with Gasteiger partial charge in [-0.15, -0.1) is 0 Å². The first kappa shape index (κ1) is 17.0. The Bertz CT molecular complexity index is 817. The zero-order valence-corrected chi connectivity index (χ0v) is 15.3. The van der Waals surface area contributed by atoms with Gasteiger partial charge in [-0.2, -0.15) is 0 Å². The molecule has 136 valence electrons. The highest BCUT2D eigenvalue weighted by Crippen LogP contribution is 2.39. The highest BCUT2D eigenvalue weighted by Gasteiger charge is 2.40. The van der Waals surface area contributed by atoms with Crippen molar-refractivity contribution in [1.82, 2.24) is 15.3 Å². The lowest BCUT2D eigenvalue weighted by Crippen LogP contribution is -2.49. The lowest BCUT2D eigenvalue weighted by Gasteiger charge is -2.32. The first-order chi connectivity index (χ1) is 12.5. The fraction of sp³-hybridized carbons (Fsp3) is 0.450. The summed E-state index contributed by atoms with van der Waals surface area (Å²) in [6.45, 7) is 7.05. The summed E-state index contributed by atoms with van der Waals surface area (Å²) in [5.41, 5.74) is 1.81. The molecule has 2 N–H and O–H groups in total. The summed E-state index contributed by atoms with van der Waals surface area (Å²) < 4.78 is 6.03. The number of benzene rings is 1. The maximum absolute atomic E-state index is 8.59. The van der Waals surface area contributed by atoms with Crippen molar-refractivity contribution in [3.8, 4) is 5.75 Å². The molecule has 2 fully saturated rings. The number of nitrogens with zero attached hydrogens (tertiary/aromatic N) is 3. The Morgan fingerprint density at radius 2 is 2.15 bits per heavy atom. The van der Waals surface area contributed by atoms with E-state index in [2.05, 4.69) is 34.0 Å². The average Bonchev–Trinajstić information content (AvgIpc) is 3.38. The maximum Gasteiger partial charge on any atom is 0.132 e. The summed E-state index contributed by atoms with van der Waals surface area (Å²) in [4.78, 5) is 11.0. The summed E-state index contributed by atoms with van der Waals surface area (Å²) in [5, 5.41) is 12.0. The third kappa shape index (κ3) is 3.70. The predicted octanol–water partition coefficient (Wildman–Crippen LogP) is 2.62. The van der Waals surface area contributed by atoms with E-state index in [4.69, 9.17) is 10.1 Å². The highest BCUT2D eigenvalue weighted by molar-refractivity contribution is 6.10. The van der Waals surface area contributed by atoms with Gasteiger partial charge in [0.25, 0.3) is 0 Å². The van der Waals surface area contributed by atoms with Crippen molar-refractivity contribution < 1.29 is 4.74 Å². The molecule has 0 bridgehead atoms. The molecule has 2 heterocycles. The third-order valence-corrected chi connectivity index (χ3v) is 5.04. The monoisotopic (exact) mass is 351 g/mol. The number of hydrogen-bond acceptors (Lipinski definition) is 6. The fourth-order valence-electron chi connectivity index (χ4n) is 3.22. The average molecular weight is 351 g/mol. The predicted molar refractivity (Wildman–Crippen MR) is 102 cm³/mol. The highest BCUT2D eigenvalue weighted by atomic mass is 16.5. The van der Waals surface area contributed by atoms with Gasteiger partial charge in [0.05, 0.1) is 11.4 Å². The van der Waals surface area contributed by atoms with Crippen LogP contribution in [0.5, 0.6) is 5.75 Å². The number of ether oxygens (including phenoxy) is 1. The van der Waals surface area contributed by atoms with E-state index >= 15 is 0 Å². The van der Waals surface area contributed by atoms with Gasteiger partial charge < -0.3 is 15.0 Å². The molecule has 1 aliphatic heterocycles. The molecule has 0 amide bonds. The molecule has 2 aromatic rings. The van der Waals surface area contributed by atoms with Crippen LogP contribution in [-0.4, -0.2) is 47.0 Å². The molecule has 1 aliphatic carbocycles. The van der Waals surface area contributed by atoms with E-state index in [1.165, 1.54) is 0 Å². The molecule has 4 rings (SSSR count). The van der Waals surface area contributed by atoms with Crippen LogP contribution < -0.4 is 15.0 Å². The second kappa shape index (κ2) is 6.68. The van der Waals surface area contributed by atoms with E-state index in [1.807, 2.05) is 30.3 Å². The number of hydrogen-bond donors (Lipinski definition) is 2. The summed E-state index contributed by atoms with van der Waals surface area (Å²) >= 11 is 0. The number of anilines is 1. The molecule has 26 heavy (non-hydrogen) atoms. The standard InChI is InChI=1S/C20H25N5O/c1-14-12-25(9-8-22-14)18-11-17(23-13-24-18)19(21)15-4-3-5-16(10-15)26-20(2)6-7-20/h3-5,10-11,13-14,21-22H,6-9,12H2,1-2H3. The Hall–Kier alpha value is -2.47. The van der Waals surface area contributed by atoms with Crippen LogP contribution in [0.2, 0.25) is 0 Å². The van der Waals surface area contributed by atoms with E-state index in [-0.39, 0.29) is 5.60 Å². The van der Waals surface area contributed by atoms with E-state index in [9.17, 15) is 0 Å². The van der Waals surface area contributed by atoms with Crippen LogP contribution >= 0.6 is 0 Å². The van der Waals surface area contributed by atoms with Crippen molar-refractivity contribution in [2.75, 3.05) is 24.5 Å². The van der Waals surface area contributed by atoms with Crippen LogP contribution in [0.15, 0.2) is 36.7 Å². The molecule has 1 unspecified atom stereocenters. The summed E-state index contributed by atoms with van der Waals surface area (Å²) in [6, 6.07) is 10.1. The largest absolute Gasteiger partial charge is 0.488 e. The molecule has 1 saturated heterocycles. The molecule has 1 atom stereocenters. The number of aromatic nitrogens is 2. The van der Waals surface area contributed by atoms with E-state index in [1.54, 1.807) is 6.33 Å². The second-order valence-electron chi connectivity index (χ2n) is 7.52. The van der Waals surface area contributed by atoms with Crippen molar-refractivity contribution >= 4 is 11.5 Å². The lowest BCUT2D eigenvalue weighted by atomic mass is 10.1. The first-order valence-corrected chi connectivity index (χ1v) is 9.21. The van der Waals surface area contributed by atoms with Gasteiger partial charge in [-0.25, -0.2) is 9.97 Å². The van der Waals surface area contributed by atoms with Gasteiger partial charge in [0.15, 0.2) is 0 Å². The van der Waals surface area contributed by atoms with E-state index < -0.39 is 0 Å². The van der Waals surface area contributed by atoms with Gasteiger partial charge in [0, 0.05) is 37.3 Å². The van der Waals surface area contributed by atoms with Crippen LogP contribution in [0.25, 0.3) is 0 Å². The van der Waals surface area contributed by atoms with Crippen LogP contribution in [0.3, 0.4) is 0 Å². The molecule has 0 spiro atoms. The van der Waals surface area contributed by atoms with Crippen molar-refractivity contribution in [1.29, 1.82) is 5.41 Å². The topological polar surface area (TPSA) is 74.1 Å². The minimum absolute atomic E-state index is 0.0259.